The second kappa shape index (κ2) is 6.58. The van der Waals surface area contributed by atoms with Gasteiger partial charge in [0.1, 0.15) is 4.88 Å². The number of hydrogen-bond donors (Lipinski definition) is 1. The van der Waals surface area contributed by atoms with E-state index >= 15 is 0 Å². The highest BCUT2D eigenvalue weighted by atomic mass is 32.1. The van der Waals surface area contributed by atoms with Crippen molar-refractivity contribution in [3.63, 3.8) is 0 Å². The number of hydrogen-bond acceptors (Lipinski definition) is 5. The van der Waals surface area contributed by atoms with Gasteiger partial charge in [0, 0.05) is 6.42 Å². The van der Waals surface area contributed by atoms with Crippen LogP contribution in [0.3, 0.4) is 0 Å². The monoisotopic (exact) mass is 307 g/mol. The SMILES string of the molecule is COc1cc(C)ccc1OCCc1nc(C)c(C(=O)O)s1. The number of carboxylic acid groups (broad SMARTS) is 1. The van der Waals surface area contributed by atoms with Crippen LogP contribution in [0.5, 0.6) is 11.5 Å². The maximum Gasteiger partial charge on any atom is 0.347 e. The zero-order chi connectivity index (χ0) is 15.4. The van der Waals surface area contributed by atoms with Crippen LogP contribution in [0.25, 0.3) is 0 Å². The van der Waals surface area contributed by atoms with Crippen LogP contribution < -0.4 is 9.47 Å². The molecule has 0 saturated carbocycles. The van der Waals surface area contributed by atoms with E-state index in [4.69, 9.17) is 14.6 Å². The van der Waals surface area contributed by atoms with Crippen LogP contribution in [-0.4, -0.2) is 29.8 Å². The van der Waals surface area contributed by atoms with Crippen molar-refractivity contribution in [3.05, 3.63) is 39.3 Å². The van der Waals surface area contributed by atoms with Crippen molar-refractivity contribution in [3.8, 4) is 11.5 Å². The van der Waals surface area contributed by atoms with Gasteiger partial charge in [-0.25, -0.2) is 9.78 Å². The summed E-state index contributed by atoms with van der Waals surface area (Å²) in [7, 11) is 1.60. The summed E-state index contributed by atoms with van der Waals surface area (Å²) in [4.78, 5) is 15.5. The smallest absolute Gasteiger partial charge is 0.347 e. The lowest BCUT2D eigenvalue weighted by Gasteiger charge is -2.10. The molecule has 0 unspecified atom stereocenters. The number of thiazole rings is 1. The molecule has 6 heteroatoms. The summed E-state index contributed by atoms with van der Waals surface area (Å²) in [5.41, 5.74) is 1.65. The first-order valence-corrected chi connectivity index (χ1v) is 7.30. The number of benzene rings is 1. The van der Waals surface area contributed by atoms with E-state index in [1.165, 1.54) is 11.3 Å². The van der Waals surface area contributed by atoms with Gasteiger partial charge in [-0.1, -0.05) is 6.07 Å². The first-order valence-electron chi connectivity index (χ1n) is 6.48. The normalized spacial score (nSPS) is 10.4. The van der Waals surface area contributed by atoms with Crippen LogP contribution in [-0.2, 0) is 6.42 Å². The van der Waals surface area contributed by atoms with E-state index in [-0.39, 0.29) is 4.88 Å². The summed E-state index contributed by atoms with van der Waals surface area (Å²) in [6, 6.07) is 5.73. The minimum Gasteiger partial charge on any atom is -0.493 e. The zero-order valence-electron chi connectivity index (χ0n) is 12.2. The minimum absolute atomic E-state index is 0.290. The molecule has 2 aromatic rings. The van der Waals surface area contributed by atoms with Crippen molar-refractivity contribution in [2.75, 3.05) is 13.7 Å². The van der Waals surface area contributed by atoms with Crippen molar-refractivity contribution in [1.29, 1.82) is 0 Å². The van der Waals surface area contributed by atoms with Crippen LogP contribution >= 0.6 is 11.3 Å². The molecule has 1 N–H and O–H groups in total. The second-order valence-electron chi connectivity index (χ2n) is 4.58. The Kier molecular flexibility index (Phi) is 4.80. The molecule has 0 radical (unpaired) electrons. The number of carboxylic acids is 1. The molecule has 1 heterocycles. The summed E-state index contributed by atoms with van der Waals surface area (Å²) < 4.78 is 11.0. The van der Waals surface area contributed by atoms with Crippen LogP contribution in [0.15, 0.2) is 18.2 Å². The molecule has 0 aliphatic rings. The Labute approximate surface area is 127 Å². The Balaban J connectivity index is 1.98. The molecule has 0 spiro atoms. The molecule has 0 fully saturated rings. The maximum absolute atomic E-state index is 11.0. The number of methoxy groups -OCH3 is 1. The third-order valence-corrected chi connectivity index (χ3v) is 4.13. The number of aryl methyl sites for hydroxylation is 2. The molecule has 112 valence electrons. The van der Waals surface area contributed by atoms with Crippen molar-refractivity contribution in [2.45, 2.75) is 20.3 Å². The third-order valence-electron chi connectivity index (χ3n) is 2.93. The minimum atomic E-state index is -0.933. The molecule has 0 bridgehead atoms. The molecule has 5 nitrogen and oxygen atoms in total. The van der Waals surface area contributed by atoms with Gasteiger partial charge in [0.15, 0.2) is 11.5 Å². The fourth-order valence-corrected chi connectivity index (χ4v) is 2.78. The molecule has 0 amide bonds. The van der Waals surface area contributed by atoms with Crippen LogP contribution in [0.4, 0.5) is 0 Å². The largest absolute Gasteiger partial charge is 0.493 e. The van der Waals surface area contributed by atoms with Gasteiger partial charge in [0.25, 0.3) is 0 Å². The molecular formula is C15H17NO4S. The molecule has 0 saturated heterocycles. The standard InChI is InChI=1S/C15H17NO4S/c1-9-4-5-11(12(8-9)19-3)20-7-6-13-16-10(2)14(21-13)15(17)18/h4-5,8H,6-7H2,1-3H3,(H,17,18). The molecule has 21 heavy (non-hydrogen) atoms. The lowest BCUT2D eigenvalue weighted by Crippen LogP contribution is -2.02. The first kappa shape index (κ1) is 15.3. The highest BCUT2D eigenvalue weighted by Gasteiger charge is 2.14. The van der Waals surface area contributed by atoms with Gasteiger partial charge >= 0.3 is 5.97 Å². The summed E-state index contributed by atoms with van der Waals surface area (Å²) in [6.07, 6.45) is 0.565. The van der Waals surface area contributed by atoms with E-state index in [0.717, 1.165) is 10.6 Å². The van der Waals surface area contributed by atoms with Gasteiger partial charge in [-0.3, -0.25) is 0 Å². The van der Waals surface area contributed by atoms with Crippen LogP contribution in [0.1, 0.15) is 25.9 Å². The van der Waals surface area contributed by atoms with Crippen molar-refractivity contribution in [2.24, 2.45) is 0 Å². The van der Waals surface area contributed by atoms with Crippen molar-refractivity contribution < 1.29 is 19.4 Å². The number of aromatic carboxylic acids is 1. The Morgan fingerprint density at radius 2 is 2.10 bits per heavy atom. The molecule has 2 rings (SSSR count). The quantitative estimate of drug-likeness (QED) is 0.888. The number of nitrogens with zero attached hydrogens (tertiary/aromatic N) is 1. The molecule has 1 aromatic carbocycles. The average Bonchev–Trinajstić information content (AvgIpc) is 2.81. The van der Waals surface area contributed by atoms with E-state index < -0.39 is 5.97 Å². The fourth-order valence-electron chi connectivity index (χ4n) is 1.90. The summed E-state index contributed by atoms with van der Waals surface area (Å²) in [5.74, 6) is 0.434. The molecule has 0 atom stereocenters. The van der Waals surface area contributed by atoms with E-state index in [0.29, 0.717) is 30.2 Å². The Morgan fingerprint density at radius 3 is 2.71 bits per heavy atom. The van der Waals surface area contributed by atoms with E-state index in [9.17, 15) is 4.79 Å². The van der Waals surface area contributed by atoms with Gasteiger partial charge in [-0.05, 0) is 31.5 Å². The highest BCUT2D eigenvalue weighted by molar-refractivity contribution is 7.13. The molecule has 0 aliphatic heterocycles. The third kappa shape index (κ3) is 3.72. The number of carbonyl (C=O) groups is 1. The van der Waals surface area contributed by atoms with E-state index in [1.54, 1.807) is 14.0 Å². The van der Waals surface area contributed by atoms with Gasteiger partial charge < -0.3 is 14.6 Å². The topological polar surface area (TPSA) is 68.7 Å². The predicted octanol–water partition coefficient (Wildman–Crippen LogP) is 3.09. The second-order valence-corrected chi connectivity index (χ2v) is 5.66. The van der Waals surface area contributed by atoms with Crippen LogP contribution in [0, 0.1) is 13.8 Å². The van der Waals surface area contributed by atoms with Crippen molar-refractivity contribution >= 4 is 17.3 Å². The average molecular weight is 307 g/mol. The number of aromatic nitrogens is 1. The highest BCUT2D eigenvalue weighted by Crippen LogP contribution is 2.28. The van der Waals surface area contributed by atoms with E-state index in [1.807, 2.05) is 25.1 Å². The number of ether oxygens (including phenoxy) is 2. The van der Waals surface area contributed by atoms with E-state index in [2.05, 4.69) is 4.98 Å². The Bertz CT molecular complexity index is 651. The zero-order valence-corrected chi connectivity index (χ0v) is 13.0. The predicted molar refractivity (Wildman–Crippen MR) is 80.7 cm³/mol. The van der Waals surface area contributed by atoms with Gasteiger partial charge in [-0.2, -0.15) is 0 Å². The van der Waals surface area contributed by atoms with Gasteiger partial charge in [0.05, 0.1) is 24.4 Å². The summed E-state index contributed by atoms with van der Waals surface area (Å²) in [6.45, 7) is 4.11. The lowest BCUT2D eigenvalue weighted by atomic mass is 10.2. The molecular weight excluding hydrogens is 290 g/mol. The Morgan fingerprint density at radius 1 is 1.33 bits per heavy atom. The van der Waals surface area contributed by atoms with Gasteiger partial charge in [-0.15, -0.1) is 11.3 Å². The number of rotatable bonds is 6. The summed E-state index contributed by atoms with van der Waals surface area (Å²) in [5, 5.41) is 9.76. The summed E-state index contributed by atoms with van der Waals surface area (Å²) >= 11 is 1.19. The first-order chi connectivity index (χ1) is 10.0. The van der Waals surface area contributed by atoms with Crippen molar-refractivity contribution in [1.82, 2.24) is 4.98 Å². The lowest BCUT2D eigenvalue weighted by molar-refractivity contribution is 0.0701. The van der Waals surface area contributed by atoms with Gasteiger partial charge in [0.2, 0.25) is 0 Å². The molecule has 1 aromatic heterocycles. The maximum atomic E-state index is 11.0. The van der Waals surface area contributed by atoms with Crippen LogP contribution in [0.2, 0.25) is 0 Å². The Hall–Kier alpha value is -2.08. The fraction of sp³-hybridized carbons (Fsp3) is 0.333. The molecule has 0 aliphatic carbocycles.